The monoisotopic (exact) mass is 371 g/mol. The molecule has 1 heterocycles. The molecule has 0 saturated heterocycles. The van der Waals surface area contributed by atoms with Crippen molar-refractivity contribution in [2.45, 2.75) is 12.8 Å². The second-order valence-corrected chi connectivity index (χ2v) is 5.94. The Morgan fingerprint density at radius 3 is 1.86 bits per heavy atom. The summed E-state index contributed by atoms with van der Waals surface area (Å²) in [6.45, 7) is -0.482. The van der Waals surface area contributed by atoms with Crippen molar-refractivity contribution in [3.05, 3.63) is 17.6 Å². The van der Waals surface area contributed by atoms with Crippen molar-refractivity contribution in [2.75, 3.05) is 5.73 Å². The van der Waals surface area contributed by atoms with E-state index in [4.69, 9.17) is 30.4 Å². The molecule has 0 saturated carbocycles. The maximum absolute atomic E-state index is 12.0. The van der Waals surface area contributed by atoms with Crippen LogP contribution in [0.2, 0.25) is 0 Å². The third kappa shape index (κ3) is 9.02. The second kappa shape index (κ2) is 7.44. The number of nitrogen functional groups attached to an aromatic ring is 1. The molecule has 0 amide bonds. The first-order valence-corrected chi connectivity index (χ1v) is 7.83. The normalized spacial score (nSPS) is 12.5. The number of alkyl halides is 3. The Hall–Kier alpha value is -1.11. The molecule has 1 aromatic heterocycles. The molecule has 11 nitrogen and oxygen atoms in total. The van der Waals surface area contributed by atoms with Gasteiger partial charge in [0, 0.05) is 11.8 Å². The highest BCUT2D eigenvalue weighted by Gasteiger charge is 2.34. The summed E-state index contributed by atoms with van der Waals surface area (Å²) in [7, 11) is -10.1. The molecule has 22 heavy (non-hydrogen) atoms. The molecule has 16 heteroatoms. The van der Waals surface area contributed by atoms with Gasteiger partial charge in [0.15, 0.2) is 0 Å². The van der Waals surface area contributed by atoms with E-state index in [-0.39, 0.29) is 11.4 Å². The lowest BCUT2D eigenvalue weighted by molar-refractivity contribution is -0.144. The minimum Gasteiger partial charge on any atom is -0.391 e. The van der Waals surface area contributed by atoms with Gasteiger partial charge in [0.2, 0.25) is 5.82 Å². The van der Waals surface area contributed by atoms with Crippen molar-refractivity contribution in [3.8, 4) is 0 Å². The van der Waals surface area contributed by atoms with Crippen LogP contribution in [0, 0.1) is 0 Å². The fourth-order valence-electron chi connectivity index (χ4n) is 0.817. The average molecular weight is 371 g/mol. The smallest absolute Gasteiger partial charge is 0.391 e. The molecule has 0 aliphatic heterocycles. The van der Waals surface area contributed by atoms with Gasteiger partial charge in [-0.3, -0.25) is 0 Å². The zero-order valence-corrected chi connectivity index (χ0v) is 12.0. The van der Waals surface area contributed by atoms with E-state index >= 15 is 0 Å². The number of hydrogen-bond donors (Lipinski definition) is 6. The van der Waals surface area contributed by atoms with Crippen LogP contribution in [0.4, 0.5) is 19.0 Å². The Kier molecular flexibility index (Phi) is 7.06. The molecular weight excluding hydrogens is 361 g/mol. The number of nitrogens with two attached hydrogens (primary N) is 1. The zero-order valence-electron chi connectivity index (χ0n) is 10.2. The van der Waals surface area contributed by atoms with Crippen molar-refractivity contribution in [1.82, 2.24) is 9.97 Å². The summed E-state index contributed by atoms with van der Waals surface area (Å²) in [5.74, 6) is -1.66. The predicted octanol–water partition coefficient (Wildman–Crippen LogP) is -0.242. The Labute approximate surface area is 120 Å². The summed E-state index contributed by atoms with van der Waals surface area (Å²) < 4.78 is 58.1. The maximum Gasteiger partial charge on any atom is 0.478 e. The number of aliphatic hydroxyl groups excluding tert-OH is 1. The van der Waals surface area contributed by atoms with Gasteiger partial charge in [0.25, 0.3) is 0 Å². The molecule has 1 rings (SSSR count). The molecule has 128 valence electrons. The first-order valence-electron chi connectivity index (χ1n) is 4.77. The summed E-state index contributed by atoms with van der Waals surface area (Å²) in [6.07, 6.45) is -3.76. The van der Waals surface area contributed by atoms with E-state index in [1.54, 1.807) is 0 Å². The molecule has 0 atom stereocenters. The van der Waals surface area contributed by atoms with E-state index in [0.717, 1.165) is 6.20 Å². The molecule has 0 aliphatic carbocycles. The van der Waals surface area contributed by atoms with E-state index < -0.39 is 34.3 Å². The van der Waals surface area contributed by atoms with Crippen molar-refractivity contribution in [1.29, 1.82) is 0 Å². The van der Waals surface area contributed by atoms with Crippen LogP contribution in [0.5, 0.6) is 0 Å². The lowest BCUT2D eigenvalue weighted by Crippen LogP contribution is -2.13. The SMILES string of the molecule is Nc1nc(C(F)(F)F)ncc1CO.O=P(O)(O)OP(=O)(O)O. The van der Waals surface area contributed by atoms with Gasteiger partial charge in [0.05, 0.1) is 6.61 Å². The highest BCUT2D eigenvalue weighted by atomic mass is 31.3. The average Bonchev–Trinajstić information content (AvgIpc) is 2.23. The van der Waals surface area contributed by atoms with Crippen LogP contribution in [0.3, 0.4) is 0 Å². The number of aliphatic hydroxyl groups is 1. The summed E-state index contributed by atoms with van der Waals surface area (Å²) >= 11 is 0. The number of aromatic nitrogens is 2. The number of anilines is 1. The van der Waals surface area contributed by atoms with Crippen LogP contribution >= 0.6 is 15.6 Å². The van der Waals surface area contributed by atoms with Crippen LogP contribution in [0.25, 0.3) is 0 Å². The number of halogens is 3. The van der Waals surface area contributed by atoms with Crippen LogP contribution in [-0.2, 0) is 26.2 Å². The van der Waals surface area contributed by atoms with Crippen LogP contribution in [0.1, 0.15) is 11.4 Å². The third-order valence-electron chi connectivity index (χ3n) is 1.53. The second-order valence-electron chi connectivity index (χ2n) is 3.32. The summed E-state index contributed by atoms with van der Waals surface area (Å²) in [5.41, 5.74) is 5.19. The molecule has 0 aromatic carbocycles. The Balaban J connectivity index is 0.000000433. The quantitative estimate of drug-likeness (QED) is 0.383. The zero-order chi connectivity index (χ0) is 17.8. The number of nitrogens with zero attached hydrogens (tertiary/aromatic N) is 2. The molecule has 7 N–H and O–H groups in total. The molecule has 0 bridgehead atoms. The van der Waals surface area contributed by atoms with Crippen molar-refractivity contribution < 1.29 is 51.3 Å². The van der Waals surface area contributed by atoms with Crippen molar-refractivity contribution >= 4 is 21.5 Å². The number of rotatable bonds is 3. The van der Waals surface area contributed by atoms with Gasteiger partial charge < -0.3 is 30.4 Å². The minimum absolute atomic E-state index is 0.0769. The lowest BCUT2D eigenvalue weighted by Gasteiger charge is -2.06. The van der Waals surface area contributed by atoms with Gasteiger partial charge in [0.1, 0.15) is 5.82 Å². The molecule has 0 spiro atoms. The van der Waals surface area contributed by atoms with Gasteiger partial charge in [-0.15, -0.1) is 0 Å². The Morgan fingerprint density at radius 1 is 1.18 bits per heavy atom. The van der Waals surface area contributed by atoms with E-state index in [9.17, 15) is 22.3 Å². The standard InChI is InChI=1S/C6H6F3N3O.H4O7P2/c7-6(8,9)5-11-1-3(2-13)4(10)12-5;1-8(2,3)7-9(4,5)6/h1,13H,2H2,(H2,10,11,12);(H2,1,2,3)(H2,4,5,6). The Morgan fingerprint density at radius 2 is 1.64 bits per heavy atom. The number of phosphoric acid groups is 2. The van der Waals surface area contributed by atoms with E-state index in [1.165, 1.54) is 0 Å². The Bertz CT molecular complexity index is 579. The fraction of sp³-hybridized carbons (Fsp3) is 0.333. The first-order chi connectivity index (χ1) is 9.65. The van der Waals surface area contributed by atoms with Gasteiger partial charge in [-0.25, -0.2) is 19.1 Å². The number of hydrogen-bond acceptors (Lipinski definition) is 7. The fourth-order valence-corrected chi connectivity index (χ4v) is 1.93. The van der Waals surface area contributed by atoms with E-state index in [2.05, 4.69) is 14.3 Å². The predicted molar refractivity (Wildman–Crippen MR) is 62.5 cm³/mol. The third-order valence-corrected chi connectivity index (χ3v) is 3.24. The van der Waals surface area contributed by atoms with Gasteiger partial charge in [-0.05, 0) is 0 Å². The van der Waals surface area contributed by atoms with Crippen LogP contribution < -0.4 is 5.73 Å². The van der Waals surface area contributed by atoms with E-state index in [1.807, 2.05) is 0 Å². The molecule has 0 unspecified atom stereocenters. The maximum atomic E-state index is 12.0. The van der Waals surface area contributed by atoms with Crippen LogP contribution in [-0.4, -0.2) is 34.6 Å². The molecule has 0 aliphatic rings. The largest absolute Gasteiger partial charge is 0.478 e. The minimum atomic E-state index is -5.05. The van der Waals surface area contributed by atoms with Crippen molar-refractivity contribution in [2.24, 2.45) is 0 Å². The summed E-state index contributed by atoms with van der Waals surface area (Å²) in [5, 5.41) is 8.57. The van der Waals surface area contributed by atoms with Gasteiger partial charge in [-0.2, -0.15) is 17.5 Å². The highest BCUT2D eigenvalue weighted by molar-refractivity contribution is 7.60. The molecule has 1 aromatic rings. The van der Waals surface area contributed by atoms with Crippen LogP contribution in [0.15, 0.2) is 6.20 Å². The topological polar surface area (TPSA) is 196 Å². The lowest BCUT2D eigenvalue weighted by atomic mass is 10.3. The highest BCUT2D eigenvalue weighted by Crippen LogP contribution is 2.53. The molecule has 0 fully saturated rings. The van der Waals surface area contributed by atoms with Gasteiger partial charge in [-0.1, -0.05) is 0 Å². The molecule has 0 radical (unpaired) electrons. The summed E-state index contributed by atoms with van der Waals surface area (Å²) in [6, 6.07) is 0. The van der Waals surface area contributed by atoms with E-state index in [0.29, 0.717) is 0 Å². The first kappa shape index (κ1) is 20.9. The summed E-state index contributed by atoms with van der Waals surface area (Å²) in [4.78, 5) is 37.0. The van der Waals surface area contributed by atoms with Gasteiger partial charge >= 0.3 is 21.8 Å². The van der Waals surface area contributed by atoms with Crippen molar-refractivity contribution in [3.63, 3.8) is 0 Å². The molecular formula is C6H10F3N3O8P2.